The van der Waals surface area contributed by atoms with E-state index < -0.39 is 0 Å². The summed E-state index contributed by atoms with van der Waals surface area (Å²) in [6.45, 7) is 8.44. The number of thiol groups is 1. The SMILES string of the molecule is CC1CCCC(C)(C)C1C1=NCC[SH]1CCc1ccncn1. The van der Waals surface area contributed by atoms with Crippen LogP contribution in [0.5, 0.6) is 0 Å². The van der Waals surface area contributed by atoms with E-state index in [4.69, 9.17) is 4.99 Å². The minimum Gasteiger partial charge on any atom is -0.284 e. The number of nitrogens with zero attached hydrogens (tertiary/aromatic N) is 3. The zero-order chi connectivity index (χ0) is 15.6. The Hall–Kier alpha value is -0.900. The summed E-state index contributed by atoms with van der Waals surface area (Å²) in [4.78, 5) is 13.4. The van der Waals surface area contributed by atoms with E-state index in [0.717, 1.165) is 18.9 Å². The van der Waals surface area contributed by atoms with Gasteiger partial charge in [0.2, 0.25) is 0 Å². The zero-order valence-corrected chi connectivity index (χ0v) is 15.0. The largest absolute Gasteiger partial charge is 0.284 e. The molecule has 1 aromatic heterocycles. The summed E-state index contributed by atoms with van der Waals surface area (Å²) in [5, 5.41) is 1.60. The third kappa shape index (κ3) is 3.37. The van der Waals surface area contributed by atoms with Gasteiger partial charge in [-0.2, -0.15) is 0 Å². The molecule has 22 heavy (non-hydrogen) atoms. The van der Waals surface area contributed by atoms with Gasteiger partial charge in [0.1, 0.15) is 6.33 Å². The highest BCUT2D eigenvalue weighted by molar-refractivity contribution is 8.30. The monoisotopic (exact) mass is 319 g/mol. The van der Waals surface area contributed by atoms with Crippen molar-refractivity contribution in [3.05, 3.63) is 24.3 Å². The van der Waals surface area contributed by atoms with Crippen LogP contribution in [0.2, 0.25) is 0 Å². The van der Waals surface area contributed by atoms with Crippen LogP contribution in [-0.2, 0) is 6.42 Å². The summed E-state index contributed by atoms with van der Waals surface area (Å²) in [5.41, 5.74) is 1.61. The molecule has 0 spiro atoms. The Morgan fingerprint density at radius 2 is 2.23 bits per heavy atom. The molecule has 0 N–H and O–H groups in total. The molecule has 0 radical (unpaired) electrons. The lowest BCUT2D eigenvalue weighted by molar-refractivity contribution is 0.140. The molecule has 1 aromatic rings. The number of aryl methyl sites for hydroxylation is 1. The van der Waals surface area contributed by atoms with Gasteiger partial charge in [-0.1, -0.05) is 33.6 Å². The second-order valence-corrected chi connectivity index (χ2v) is 9.95. The van der Waals surface area contributed by atoms with Crippen molar-refractivity contribution in [2.75, 3.05) is 18.1 Å². The fourth-order valence-corrected chi connectivity index (χ4v) is 7.13. The zero-order valence-electron chi connectivity index (χ0n) is 14.1. The molecule has 0 aromatic carbocycles. The lowest BCUT2D eigenvalue weighted by Gasteiger charge is -2.44. The number of aliphatic imine (C=N–C) groups is 1. The minimum absolute atomic E-state index is 0.0506. The van der Waals surface area contributed by atoms with Gasteiger partial charge in [-0.15, -0.1) is 0 Å². The average Bonchev–Trinajstić information content (AvgIpc) is 2.93. The molecule has 2 aliphatic rings. The Labute approximate surface area is 137 Å². The predicted octanol–water partition coefficient (Wildman–Crippen LogP) is 3.89. The first-order valence-corrected chi connectivity index (χ1v) is 10.3. The van der Waals surface area contributed by atoms with E-state index in [1.165, 1.54) is 36.5 Å². The van der Waals surface area contributed by atoms with Crippen LogP contribution in [0.25, 0.3) is 0 Å². The van der Waals surface area contributed by atoms with Gasteiger partial charge >= 0.3 is 0 Å². The fraction of sp³-hybridized carbons (Fsp3) is 0.722. The first kappa shape index (κ1) is 16.0. The topological polar surface area (TPSA) is 38.1 Å². The summed E-state index contributed by atoms with van der Waals surface area (Å²) >= 11 is 0. The second kappa shape index (κ2) is 6.69. The maximum atomic E-state index is 5.01. The van der Waals surface area contributed by atoms with E-state index in [9.17, 15) is 0 Å². The van der Waals surface area contributed by atoms with Crippen LogP contribution in [0, 0.1) is 17.3 Å². The molecule has 1 fully saturated rings. The minimum atomic E-state index is -0.0506. The molecule has 0 bridgehead atoms. The Morgan fingerprint density at radius 1 is 1.36 bits per heavy atom. The van der Waals surface area contributed by atoms with Crippen LogP contribution in [-0.4, -0.2) is 33.1 Å². The van der Waals surface area contributed by atoms with Gasteiger partial charge < -0.3 is 0 Å². The van der Waals surface area contributed by atoms with Gasteiger partial charge in [0.15, 0.2) is 0 Å². The lowest BCUT2D eigenvalue weighted by Crippen LogP contribution is -2.39. The molecule has 4 heteroatoms. The highest BCUT2D eigenvalue weighted by Gasteiger charge is 2.42. The van der Waals surface area contributed by atoms with Crippen molar-refractivity contribution in [2.45, 2.75) is 46.5 Å². The summed E-state index contributed by atoms with van der Waals surface area (Å²) in [6, 6.07) is 2.05. The second-order valence-electron chi connectivity index (χ2n) is 7.51. The van der Waals surface area contributed by atoms with Crippen LogP contribution in [0.1, 0.15) is 45.7 Å². The number of hydrogen-bond acceptors (Lipinski definition) is 3. The van der Waals surface area contributed by atoms with Crippen LogP contribution in [0.15, 0.2) is 23.6 Å². The van der Waals surface area contributed by atoms with Crippen molar-refractivity contribution >= 4 is 15.9 Å². The standard InChI is InChI=1S/C18H29N3S/c1-14-5-4-8-18(2,3)16(14)17-20-10-12-22(17)11-7-15-6-9-19-13-21-15/h6,9,13-14,16,22H,4-5,7-8,10-12H2,1-3H3. The van der Waals surface area contributed by atoms with Gasteiger partial charge in [0.05, 0.1) is 5.04 Å². The van der Waals surface area contributed by atoms with E-state index in [-0.39, 0.29) is 10.9 Å². The maximum Gasteiger partial charge on any atom is 0.115 e. The van der Waals surface area contributed by atoms with Crippen molar-refractivity contribution in [1.29, 1.82) is 0 Å². The highest BCUT2D eigenvalue weighted by atomic mass is 32.2. The smallest absolute Gasteiger partial charge is 0.115 e. The molecule has 1 saturated carbocycles. The number of hydrogen-bond donors (Lipinski definition) is 1. The Balaban J connectivity index is 1.70. The molecule has 3 nitrogen and oxygen atoms in total. The lowest BCUT2D eigenvalue weighted by atomic mass is 9.64. The van der Waals surface area contributed by atoms with E-state index in [1.54, 1.807) is 11.4 Å². The molecule has 1 aliphatic carbocycles. The molecular formula is C18H29N3S. The van der Waals surface area contributed by atoms with Gasteiger partial charge in [-0.25, -0.2) is 20.9 Å². The van der Waals surface area contributed by atoms with Crippen molar-refractivity contribution in [3.8, 4) is 0 Å². The molecule has 2 heterocycles. The van der Waals surface area contributed by atoms with Gasteiger partial charge in [0, 0.05) is 24.4 Å². The van der Waals surface area contributed by atoms with Crippen LogP contribution in [0.3, 0.4) is 0 Å². The fourth-order valence-electron chi connectivity index (χ4n) is 4.31. The van der Waals surface area contributed by atoms with E-state index >= 15 is 0 Å². The third-order valence-electron chi connectivity index (χ3n) is 5.42. The van der Waals surface area contributed by atoms with Crippen LogP contribution >= 0.6 is 10.9 Å². The van der Waals surface area contributed by atoms with Gasteiger partial charge in [-0.05, 0) is 41.7 Å². The van der Waals surface area contributed by atoms with E-state index in [0.29, 0.717) is 11.3 Å². The summed E-state index contributed by atoms with van der Waals surface area (Å²) in [6.07, 6.45) is 8.72. The molecule has 1 aliphatic heterocycles. The van der Waals surface area contributed by atoms with Crippen molar-refractivity contribution in [1.82, 2.24) is 9.97 Å². The quantitative estimate of drug-likeness (QED) is 0.855. The average molecular weight is 320 g/mol. The van der Waals surface area contributed by atoms with Gasteiger partial charge in [0.25, 0.3) is 0 Å². The molecule has 3 unspecified atom stereocenters. The van der Waals surface area contributed by atoms with E-state index in [2.05, 4.69) is 36.8 Å². The summed E-state index contributed by atoms with van der Waals surface area (Å²) in [5.74, 6) is 4.06. The van der Waals surface area contributed by atoms with Crippen LogP contribution in [0.4, 0.5) is 0 Å². The highest BCUT2D eigenvalue weighted by Crippen LogP contribution is 2.50. The molecule has 3 atom stereocenters. The number of rotatable bonds is 4. The molecule has 0 saturated heterocycles. The molecule has 0 amide bonds. The molecule has 3 rings (SSSR count). The van der Waals surface area contributed by atoms with Crippen molar-refractivity contribution < 1.29 is 0 Å². The van der Waals surface area contributed by atoms with Crippen LogP contribution < -0.4 is 0 Å². The van der Waals surface area contributed by atoms with Gasteiger partial charge in [-0.3, -0.25) is 4.99 Å². The third-order valence-corrected chi connectivity index (χ3v) is 7.99. The Morgan fingerprint density at radius 3 is 2.95 bits per heavy atom. The Kier molecular flexibility index (Phi) is 4.86. The summed E-state index contributed by atoms with van der Waals surface area (Å²) in [7, 11) is -0.0506. The normalized spacial score (nSPS) is 32.7. The Bertz CT molecular complexity index is 526. The van der Waals surface area contributed by atoms with Crippen molar-refractivity contribution in [2.24, 2.45) is 22.2 Å². The summed E-state index contributed by atoms with van der Waals surface area (Å²) < 4.78 is 0. The first-order valence-electron chi connectivity index (χ1n) is 8.62. The van der Waals surface area contributed by atoms with E-state index in [1.807, 2.05) is 6.20 Å². The molecular weight excluding hydrogens is 290 g/mol. The van der Waals surface area contributed by atoms with Crippen molar-refractivity contribution in [3.63, 3.8) is 0 Å². The maximum absolute atomic E-state index is 5.01. The number of aromatic nitrogens is 2. The predicted molar refractivity (Wildman–Crippen MR) is 97.0 cm³/mol. The molecule has 122 valence electrons. The first-order chi connectivity index (χ1) is 10.6.